The van der Waals surface area contributed by atoms with Gasteiger partial charge in [-0.2, -0.15) is 0 Å². The summed E-state index contributed by atoms with van der Waals surface area (Å²) < 4.78 is 10.3. The number of hydrogen-bond acceptors (Lipinski definition) is 5. The number of ether oxygens (including phenoxy) is 2. The summed E-state index contributed by atoms with van der Waals surface area (Å²) in [6, 6.07) is 9.59. The first-order valence-electron chi connectivity index (χ1n) is 7.25. The van der Waals surface area contributed by atoms with E-state index in [1.165, 1.54) is 0 Å². The van der Waals surface area contributed by atoms with Gasteiger partial charge in [-0.3, -0.25) is 9.59 Å². The van der Waals surface area contributed by atoms with Crippen LogP contribution in [0.1, 0.15) is 25.8 Å². The van der Waals surface area contributed by atoms with Gasteiger partial charge in [-0.25, -0.2) is 0 Å². The second-order valence-electron chi connectivity index (χ2n) is 5.15. The second-order valence-corrected chi connectivity index (χ2v) is 5.15. The number of hydrogen-bond donors (Lipinski definition) is 1. The quantitative estimate of drug-likeness (QED) is 0.836. The van der Waals surface area contributed by atoms with Crippen LogP contribution in [0.5, 0.6) is 0 Å². The molecule has 0 saturated carbocycles. The normalized spacial score (nSPS) is 25.2. The summed E-state index contributed by atoms with van der Waals surface area (Å²) in [5.74, 6) is -1.07. The fourth-order valence-electron chi connectivity index (χ4n) is 2.60. The van der Waals surface area contributed by atoms with Crippen molar-refractivity contribution in [3.05, 3.63) is 35.9 Å². The van der Waals surface area contributed by atoms with E-state index in [0.29, 0.717) is 13.2 Å². The average molecular weight is 291 g/mol. The number of esters is 2. The van der Waals surface area contributed by atoms with Crippen molar-refractivity contribution < 1.29 is 19.1 Å². The molecule has 1 aromatic carbocycles. The van der Waals surface area contributed by atoms with Crippen molar-refractivity contribution in [3.8, 4) is 0 Å². The molecule has 1 aliphatic heterocycles. The van der Waals surface area contributed by atoms with Crippen LogP contribution in [-0.4, -0.2) is 30.7 Å². The Kier molecular flexibility index (Phi) is 5.33. The molecule has 3 unspecified atom stereocenters. The third-order valence-corrected chi connectivity index (χ3v) is 3.61. The number of carbonyl (C=O) groups excluding carboxylic acids is 2. The fourth-order valence-corrected chi connectivity index (χ4v) is 2.60. The summed E-state index contributed by atoms with van der Waals surface area (Å²) in [4.78, 5) is 23.7. The minimum Gasteiger partial charge on any atom is -0.466 e. The lowest BCUT2D eigenvalue weighted by atomic mass is 9.89. The Morgan fingerprint density at radius 2 is 2.10 bits per heavy atom. The molecule has 1 fully saturated rings. The zero-order chi connectivity index (χ0) is 15.2. The lowest BCUT2D eigenvalue weighted by Gasteiger charge is -2.34. The molecule has 5 heteroatoms. The lowest BCUT2D eigenvalue weighted by molar-refractivity contribution is -0.170. The van der Waals surface area contributed by atoms with Gasteiger partial charge in [0.05, 0.1) is 13.0 Å². The minimum absolute atomic E-state index is 0.181. The maximum absolute atomic E-state index is 12.1. The van der Waals surface area contributed by atoms with Crippen molar-refractivity contribution in [2.75, 3.05) is 6.61 Å². The molecule has 5 nitrogen and oxygen atoms in total. The third-order valence-electron chi connectivity index (χ3n) is 3.61. The van der Waals surface area contributed by atoms with E-state index in [0.717, 1.165) is 5.56 Å². The highest BCUT2D eigenvalue weighted by Crippen LogP contribution is 2.24. The van der Waals surface area contributed by atoms with E-state index in [2.05, 4.69) is 5.32 Å². The summed E-state index contributed by atoms with van der Waals surface area (Å²) in [6.07, 6.45) is -0.292. The van der Waals surface area contributed by atoms with Crippen LogP contribution in [0.4, 0.5) is 0 Å². The SMILES string of the molecule is CCOC(=O)C1C(NCc2ccccc2)CC(=O)OC1C. The van der Waals surface area contributed by atoms with E-state index in [-0.39, 0.29) is 24.4 Å². The number of carbonyl (C=O) groups is 2. The first-order chi connectivity index (χ1) is 10.1. The Labute approximate surface area is 124 Å². The van der Waals surface area contributed by atoms with Crippen molar-refractivity contribution in [2.45, 2.75) is 39.0 Å². The topological polar surface area (TPSA) is 64.6 Å². The highest BCUT2D eigenvalue weighted by molar-refractivity contribution is 5.79. The Hall–Kier alpha value is -1.88. The van der Waals surface area contributed by atoms with Crippen LogP contribution in [0, 0.1) is 5.92 Å². The Morgan fingerprint density at radius 3 is 2.76 bits per heavy atom. The molecule has 21 heavy (non-hydrogen) atoms. The van der Waals surface area contributed by atoms with Gasteiger partial charge in [0.25, 0.3) is 0 Å². The molecule has 0 aliphatic carbocycles. The Bertz CT molecular complexity index is 488. The summed E-state index contributed by atoms with van der Waals surface area (Å²) >= 11 is 0. The Morgan fingerprint density at radius 1 is 1.38 bits per heavy atom. The van der Waals surface area contributed by atoms with Gasteiger partial charge >= 0.3 is 11.9 Å². The first kappa shape index (κ1) is 15.5. The van der Waals surface area contributed by atoms with Crippen molar-refractivity contribution in [1.29, 1.82) is 0 Å². The largest absolute Gasteiger partial charge is 0.466 e. The Balaban J connectivity index is 2.04. The molecule has 1 N–H and O–H groups in total. The van der Waals surface area contributed by atoms with Crippen LogP contribution in [0.25, 0.3) is 0 Å². The van der Waals surface area contributed by atoms with Crippen LogP contribution in [0.2, 0.25) is 0 Å². The van der Waals surface area contributed by atoms with E-state index in [4.69, 9.17) is 9.47 Å². The van der Waals surface area contributed by atoms with E-state index >= 15 is 0 Å². The van der Waals surface area contributed by atoms with Crippen LogP contribution >= 0.6 is 0 Å². The third kappa shape index (κ3) is 4.04. The smallest absolute Gasteiger partial charge is 0.314 e. The maximum Gasteiger partial charge on any atom is 0.314 e. The molecule has 1 aromatic rings. The number of rotatable bonds is 5. The molecule has 0 bridgehead atoms. The molecule has 1 saturated heterocycles. The first-order valence-corrected chi connectivity index (χ1v) is 7.25. The second kappa shape index (κ2) is 7.22. The summed E-state index contributed by atoms with van der Waals surface area (Å²) in [7, 11) is 0. The molecule has 1 heterocycles. The van der Waals surface area contributed by atoms with E-state index in [1.807, 2.05) is 30.3 Å². The minimum atomic E-state index is -0.474. The molecule has 2 rings (SSSR count). The monoisotopic (exact) mass is 291 g/mol. The van der Waals surface area contributed by atoms with Gasteiger partial charge in [0, 0.05) is 12.6 Å². The van der Waals surface area contributed by atoms with Crippen LogP contribution in [-0.2, 0) is 25.6 Å². The van der Waals surface area contributed by atoms with Gasteiger partial charge in [0.1, 0.15) is 12.0 Å². The molecular weight excluding hydrogens is 270 g/mol. The van der Waals surface area contributed by atoms with Gasteiger partial charge in [-0.05, 0) is 19.4 Å². The van der Waals surface area contributed by atoms with Gasteiger partial charge in [0.2, 0.25) is 0 Å². The molecule has 0 radical (unpaired) electrons. The lowest BCUT2D eigenvalue weighted by Crippen LogP contribution is -2.52. The molecule has 0 amide bonds. The van der Waals surface area contributed by atoms with Crippen molar-refractivity contribution in [1.82, 2.24) is 5.32 Å². The molecular formula is C16H21NO4. The summed E-state index contributed by atoms with van der Waals surface area (Å²) in [5, 5.41) is 3.29. The number of benzene rings is 1. The number of cyclic esters (lactones) is 1. The average Bonchev–Trinajstić information content (AvgIpc) is 2.45. The predicted molar refractivity (Wildman–Crippen MR) is 77.4 cm³/mol. The maximum atomic E-state index is 12.1. The van der Waals surface area contributed by atoms with Crippen LogP contribution in [0.15, 0.2) is 30.3 Å². The van der Waals surface area contributed by atoms with Gasteiger partial charge in [0.15, 0.2) is 0 Å². The van der Waals surface area contributed by atoms with Crippen molar-refractivity contribution in [2.24, 2.45) is 5.92 Å². The van der Waals surface area contributed by atoms with Gasteiger partial charge in [-0.1, -0.05) is 30.3 Å². The van der Waals surface area contributed by atoms with Crippen molar-refractivity contribution in [3.63, 3.8) is 0 Å². The predicted octanol–water partition coefficient (Wildman–Crippen LogP) is 1.66. The molecule has 0 spiro atoms. The zero-order valence-corrected chi connectivity index (χ0v) is 12.4. The highest BCUT2D eigenvalue weighted by Gasteiger charge is 2.41. The standard InChI is InChI=1S/C16H21NO4/c1-3-20-16(19)15-11(2)21-14(18)9-13(15)17-10-12-7-5-4-6-8-12/h4-8,11,13,15,17H,3,9-10H2,1-2H3. The molecule has 0 aromatic heterocycles. The fraction of sp³-hybridized carbons (Fsp3) is 0.500. The molecule has 114 valence electrons. The zero-order valence-electron chi connectivity index (χ0n) is 12.4. The molecule has 3 atom stereocenters. The highest BCUT2D eigenvalue weighted by atomic mass is 16.6. The van der Waals surface area contributed by atoms with E-state index < -0.39 is 12.0 Å². The van der Waals surface area contributed by atoms with Crippen LogP contribution < -0.4 is 5.32 Å². The number of nitrogens with one attached hydrogen (secondary N) is 1. The summed E-state index contributed by atoms with van der Waals surface area (Å²) in [5.41, 5.74) is 1.10. The van der Waals surface area contributed by atoms with Gasteiger partial charge in [-0.15, -0.1) is 0 Å². The van der Waals surface area contributed by atoms with E-state index in [1.54, 1.807) is 13.8 Å². The van der Waals surface area contributed by atoms with E-state index in [9.17, 15) is 9.59 Å². The van der Waals surface area contributed by atoms with Crippen LogP contribution in [0.3, 0.4) is 0 Å². The summed E-state index contributed by atoms with van der Waals surface area (Å²) in [6.45, 7) is 4.42. The van der Waals surface area contributed by atoms with Crippen molar-refractivity contribution >= 4 is 11.9 Å². The van der Waals surface area contributed by atoms with Gasteiger partial charge < -0.3 is 14.8 Å². The molecule has 1 aliphatic rings.